The van der Waals surface area contributed by atoms with Crippen molar-refractivity contribution >= 4 is 38.4 Å². The average Bonchev–Trinajstić information content (AvgIpc) is 2.89. The highest BCUT2D eigenvalue weighted by Gasteiger charge is 2.09. The number of halogens is 2. The lowest BCUT2D eigenvalue weighted by Crippen LogP contribution is -2.11. The molecule has 100 valence electrons. The van der Waals surface area contributed by atoms with Crippen molar-refractivity contribution in [3.05, 3.63) is 58.4 Å². The summed E-state index contributed by atoms with van der Waals surface area (Å²) >= 11 is 3.06. The van der Waals surface area contributed by atoms with Crippen molar-refractivity contribution in [3.8, 4) is 0 Å². The van der Waals surface area contributed by atoms with Gasteiger partial charge >= 0.3 is 0 Å². The zero-order valence-corrected chi connectivity index (χ0v) is 11.7. The maximum Gasteiger partial charge on any atom is 0.255 e. The fourth-order valence-corrected chi connectivity index (χ4v) is 2.23. The molecule has 4 nitrogen and oxygen atoms in total. The highest BCUT2D eigenvalue weighted by atomic mass is 79.9. The Morgan fingerprint density at radius 3 is 2.90 bits per heavy atom. The van der Waals surface area contributed by atoms with Gasteiger partial charge in [0.25, 0.3) is 5.91 Å². The van der Waals surface area contributed by atoms with Crippen LogP contribution in [0.15, 0.2) is 47.1 Å². The summed E-state index contributed by atoms with van der Waals surface area (Å²) in [6.07, 6.45) is 1.71. The summed E-state index contributed by atoms with van der Waals surface area (Å²) in [4.78, 5) is 12.1. The van der Waals surface area contributed by atoms with Gasteiger partial charge in [-0.15, -0.1) is 0 Å². The van der Waals surface area contributed by atoms with Crippen LogP contribution in [-0.2, 0) is 0 Å². The van der Waals surface area contributed by atoms with Crippen LogP contribution in [0.3, 0.4) is 0 Å². The van der Waals surface area contributed by atoms with Gasteiger partial charge in [0.05, 0.1) is 16.2 Å². The van der Waals surface area contributed by atoms with Crippen LogP contribution in [0.5, 0.6) is 0 Å². The van der Waals surface area contributed by atoms with Gasteiger partial charge in [0, 0.05) is 16.6 Å². The van der Waals surface area contributed by atoms with Gasteiger partial charge in [-0.3, -0.25) is 9.89 Å². The van der Waals surface area contributed by atoms with E-state index in [4.69, 9.17) is 0 Å². The lowest BCUT2D eigenvalue weighted by molar-refractivity contribution is 0.102. The average molecular weight is 334 g/mol. The molecule has 1 heterocycles. The van der Waals surface area contributed by atoms with Crippen molar-refractivity contribution in [2.24, 2.45) is 0 Å². The molecule has 3 aromatic rings. The Morgan fingerprint density at radius 1 is 1.25 bits per heavy atom. The third kappa shape index (κ3) is 2.42. The van der Waals surface area contributed by atoms with Gasteiger partial charge in [0.15, 0.2) is 0 Å². The van der Waals surface area contributed by atoms with E-state index in [1.165, 1.54) is 18.2 Å². The van der Waals surface area contributed by atoms with Gasteiger partial charge in [-0.25, -0.2) is 4.39 Å². The normalized spacial score (nSPS) is 10.7. The molecule has 6 heteroatoms. The molecule has 2 N–H and O–H groups in total. The monoisotopic (exact) mass is 333 g/mol. The molecule has 0 atom stereocenters. The smallest absolute Gasteiger partial charge is 0.255 e. The van der Waals surface area contributed by atoms with Crippen LogP contribution in [0.2, 0.25) is 0 Å². The second-order valence-electron chi connectivity index (χ2n) is 4.26. The maximum absolute atomic E-state index is 13.1. The minimum absolute atomic E-state index is 0.258. The molecule has 0 radical (unpaired) electrons. The highest BCUT2D eigenvalue weighted by Crippen LogP contribution is 2.20. The van der Waals surface area contributed by atoms with Crippen molar-refractivity contribution in [2.75, 3.05) is 5.32 Å². The lowest BCUT2D eigenvalue weighted by Gasteiger charge is -2.06. The number of rotatable bonds is 2. The standard InChI is InChI=1S/C14H9BrFN3O/c15-11-5-8(2-4-12(11)16)14(20)18-10-3-1-9-7-17-19-13(9)6-10/h1-7H,(H,17,19)(H,18,20). The molecule has 0 aliphatic rings. The van der Waals surface area contributed by atoms with E-state index in [1.807, 2.05) is 6.07 Å². The summed E-state index contributed by atoms with van der Waals surface area (Å²) in [5.74, 6) is -0.704. The molecule has 3 rings (SSSR count). The van der Waals surface area contributed by atoms with Gasteiger partial charge in [-0.05, 0) is 52.3 Å². The maximum atomic E-state index is 13.1. The number of aromatic amines is 1. The predicted molar refractivity (Wildman–Crippen MR) is 78.1 cm³/mol. The molecule has 0 spiro atoms. The van der Waals surface area contributed by atoms with E-state index < -0.39 is 5.82 Å². The number of nitrogens with one attached hydrogen (secondary N) is 2. The van der Waals surface area contributed by atoms with Crippen LogP contribution in [0, 0.1) is 5.82 Å². The first kappa shape index (κ1) is 12.8. The first-order valence-electron chi connectivity index (χ1n) is 5.83. The third-order valence-corrected chi connectivity index (χ3v) is 3.49. The minimum atomic E-state index is -0.402. The van der Waals surface area contributed by atoms with Crippen molar-refractivity contribution in [1.82, 2.24) is 10.2 Å². The number of amides is 1. The number of carbonyl (C=O) groups excluding carboxylic acids is 1. The van der Waals surface area contributed by atoms with E-state index in [0.717, 1.165) is 10.9 Å². The number of carbonyl (C=O) groups is 1. The van der Waals surface area contributed by atoms with Gasteiger partial charge in [-0.2, -0.15) is 5.10 Å². The zero-order chi connectivity index (χ0) is 14.1. The SMILES string of the molecule is O=C(Nc1ccc2cn[nH]c2c1)c1ccc(F)c(Br)c1. The molecule has 20 heavy (non-hydrogen) atoms. The van der Waals surface area contributed by atoms with Crippen LogP contribution < -0.4 is 5.32 Å². The molecule has 2 aromatic carbocycles. The Labute approximate surface area is 122 Å². The second kappa shape index (κ2) is 5.05. The lowest BCUT2D eigenvalue weighted by atomic mass is 10.2. The van der Waals surface area contributed by atoms with Crippen LogP contribution >= 0.6 is 15.9 Å². The number of nitrogens with zero attached hydrogens (tertiary/aromatic N) is 1. The quantitative estimate of drug-likeness (QED) is 0.750. The minimum Gasteiger partial charge on any atom is -0.322 e. The van der Waals surface area contributed by atoms with Crippen molar-refractivity contribution in [3.63, 3.8) is 0 Å². The molecule has 0 saturated heterocycles. The van der Waals surface area contributed by atoms with E-state index in [2.05, 4.69) is 31.4 Å². The van der Waals surface area contributed by atoms with E-state index in [1.54, 1.807) is 18.3 Å². The summed E-state index contributed by atoms with van der Waals surface area (Å²) in [5, 5.41) is 10.5. The Hall–Kier alpha value is -2.21. The molecule has 0 fully saturated rings. The van der Waals surface area contributed by atoms with E-state index in [-0.39, 0.29) is 10.4 Å². The number of benzene rings is 2. The van der Waals surface area contributed by atoms with Gasteiger partial charge in [0.2, 0.25) is 0 Å². The first-order chi connectivity index (χ1) is 9.63. The zero-order valence-electron chi connectivity index (χ0n) is 10.2. The predicted octanol–water partition coefficient (Wildman–Crippen LogP) is 3.72. The van der Waals surface area contributed by atoms with Gasteiger partial charge in [-0.1, -0.05) is 0 Å². The van der Waals surface area contributed by atoms with Crippen molar-refractivity contribution in [1.29, 1.82) is 0 Å². The number of H-pyrrole nitrogens is 1. The Bertz CT molecular complexity index is 800. The number of hydrogen-bond donors (Lipinski definition) is 2. The fourth-order valence-electron chi connectivity index (χ4n) is 1.86. The molecule has 0 aliphatic carbocycles. The highest BCUT2D eigenvalue weighted by molar-refractivity contribution is 9.10. The summed E-state index contributed by atoms with van der Waals surface area (Å²) in [6.45, 7) is 0. The topological polar surface area (TPSA) is 57.8 Å². The Morgan fingerprint density at radius 2 is 2.10 bits per heavy atom. The van der Waals surface area contributed by atoms with Crippen molar-refractivity contribution < 1.29 is 9.18 Å². The van der Waals surface area contributed by atoms with Crippen LogP contribution in [0.4, 0.5) is 10.1 Å². The summed E-state index contributed by atoms with van der Waals surface area (Å²) < 4.78 is 13.4. The second-order valence-corrected chi connectivity index (χ2v) is 5.11. The van der Waals surface area contributed by atoms with Gasteiger partial charge < -0.3 is 5.32 Å². The Balaban J connectivity index is 1.85. The van der Waals surface area contributed by atoms with Crippen LogP contribution in [0.25, 0.3) is 10.9 Å². The largest absolute Gasteiger partial charge is 0.322 e. The van der Waals surface area contributed by atoms with E-state index >= 15 is 0 Å². The van der Waals surface area contributed by atoms with Gasteiger partial charge in [0.1, 0.15) is 5.82 Å². The fraction of sp³-hybridized carbons (Fsp3) is 0. The van der Waals surface area contributed by atoms with Crippen LogP contribution in [0.1, 0.15) is 10.4 Å². The molecule has 0 bridgehead atoms. The number of hydrogen-bond acceptors (Lipinski definition) is 2. The third-order valence-electron chi connectivity index (χ3n) is 2.88. The van der Waals surface area contributed by atoms with E-state index in [0.29, 0.717) is 11.3 Å². The number of fused-ring (bicyclic) bond motifs is 1. The molecule has 0 aliphatic heterocycles. The number of anilines is 1. The Kier molecular flexibility index (Phi) is 3.23. The number of aromatic nitrogens is 2. The summed E-state index contributed by atoms with van der Waals surface area (Å²) in [5.41, 5.74) is 1.86. The molecule has 1 amide bonds. The summed E-state index contributed by atoms with van der Waals surface area (Å²) in [6, 6.07) is 9.56. The molecule has 0 saturated carbocycles. The first-order valence-corrected chi connectivity index (χ1v) is 6.62. The van der Waals surface area contributed by atoms with E-state index in [9.17, 15) is 9.18 Å². The molecule has 1 aromatic heterocycles. The molecular formula is C14H9BrFN3O. The van der Waals surface area contributed by atoms with Crippen LogP contribution in [-0.4, -0.2) is 16.1 Å². The van der Waals surface area contributed by atoms with Crippen molar-refractivity contribution in [2.45, 2.75) is 0 Å². The molecule has 0 unspecified atom stereocenters. The molecular weight excluding hydrogens is 325 g/mol. The summed E-state index contributed by atoms with van der Waals surface area (Å²) in [7, 11) is 0.